The van der Waals surface area contributed by atoms with Crippen LogP contribution in [-0.2, 0) is 27.4 Å². The first kappa shape index (κ1) is 19.5. The Morgan fingerprint density at radius 2 is 1.32 bits per heavy atom. The first-order valence-electron chi connectivity index (χ1n) is 7.99. The van der Waals surface area contributed by atoms with E-state index in [1.165, 1.54) is 0 Å². The summed E-state index contributed by atoms with van der Waals surface area (Å²) in [5.41, 5.74) is 1.76. The summed E-state index contributed by atoms with van der Waals surface area (Å²) in [5, 5.41) is 9.48. The molecule has 1 N–H and O–H groups in total. The van der Waals surface area contributed by atoms with E-state index in [1.54, 1.807) is 24.3 Å². The van der Waals surface area contributed by atoms with Crippen molar-refractivity contribution < 1.29 is 28.1 Å². The molecule has 0 fully saturated rings. The Morgan fingerprint density at radius 1 is 0.800 bits per heavy atom. The van der Waals surface area contributed by atoms with Crippen LogP contribution in [0.5, 0.6) is 0 Å². The second-order valence-electron chi connectivity index (χ2n) is 5.50. The van der Waals surface area contributed by atoms with E-state index in [1.807, 2.05) is 36.4 Å². The standard InChI is InChI=1S/C19H22F2O4/c20-19(21,15-24-14-17-9-5-2-6-10-17)18(22)25-12-11-23-13-16-7-3-1-4-8-16/h1-10,18,22H,11-15H2. The van der Waals surface area contributed by atoms with Crippen LogP contribution in [0.4, 0.5) is 8.78 Å². The fourth-order valence-electron chi connectivity index (χ4n) is 2.06. The number of ether oxygens (including phenoxy) is 3. The Labute approximate surface area is 146 Å². The molecule has 0 heterocycles. The normalized spacial score (nSPS) is 12.9. The van der Waals surface area contributed by atoms with Crippen LogP contribution in [0.2, 0.25) is 0 Å². The minimum atomic E-state index is -3.49. The summed E-state index contributed by atoms with van der Waals surface area (Å²) in [7, 11) is 0. The third kappa shape index (κ3) is 7.27. The van der Waals surface area contributed by atoms with Gasteiger partial charge in [0.05, 0.1) is 26.4 Å². The molecule has 0 spiro atoms. The Hall–Kier alpha value is -1.86. The summed E-state index contributed by atoms with van der Waals surface area (Å²) in [6, 6.07) is 18.4. The molecule has 0 saturated heterocycles. The van der Waals surface area contributed by atoms with Gasteiger partial charge < -0.3 is 19.3 Å². The number of hydrogen-bond acceptors (Lipinski definition) is 4. The second kappa shape index (κ2) is 10.2. The first-order chi connectivity index (χ1) is 12.1. The third-order valence-electron chi connectivity index (χ3n) is 3.38. The second-order valence-corrected chi connectivity index (χ2v) is 5.50. The highest BCUT2D eigenvalue weighted by Gasteiger charge is 2.39. The van der Waals surface area contributed by atoms with Gasteiger partial charge in [-0.3, -0.25) is 0 Å². The predicted octanol–water partition coefficient (Wildman–Crippen LogP) is 3.39. The van der Waals surface area contributed by atoms with Crippen LogP contribution in [-0.4, -0.2) is 37.1 Å². The highest BCUT2D eigenvalue weighted by Crippen LogP contribution is 2.20. The van der Waals surface area contributed by atoms with Crippen LogP contribution in [0, 0.1) is 0 Å². The summed E-state index contributed by atoms with van der Waals surface area (Å²) < 4.78 is 42.5. The fraction of sp³-hybridized carbons (Fsp3) is 0.368. The molecule has 6 heteroatoms. The molecule has 0 amide bonds. The van der Waals surface area contributed by atoms with Crippen molar-refractivity contribution in [1.29, 1.82) is 0 Å². The lowest BCUT2D eigenvalue weighted by molar-refractivity contribution is -0.255. The van der Waals surface area contributed by atoms with Gasteiger partial charge in [-0.1, -0.05) is 60.7 Å². The van der Waals surface area contributed by atoms with Gasteiger partial charge >= 0.3 is 5.92 Å². The molecule has 1 atom stereocenters. The molecule has 1 unspecified atom stereocenters. The molecule has 0 aliphatic heterocycles. The van der Waals surface area contributed by atoms with E-state index < -0.39 is 18.8 Å². The molecule has 0 aliphatic carbocycles. The molecule has 0 aromatic heterocycles. The lowest BCUT2D eigenvalue weighted by Crippen LogP contribution is -2.40. The number of halogens is 2. The van der Waals surface area contributed by atoms with Gasteiger partial charge in [-0.25, -0.2) is 0 Å². The quantitative estimate of drug-likeness (QED) is 0.497. The Morgan fingerprint density at radius 3 is 1.88 bits per heavy atom. The molecular weight excluding hydrogens is 330 g/mol. The zero-order valence-corrected chi connectivity index (χ0v) is 13.8. The van der Waals surface area contributed by atoms with Gasteiger partial charge in [0.15, 0.2) is 0 Å². The summed E-state index contributed by atoms with van der Waals surface area (Å²) in [5.74, 6) is -3.49. The van der Waals surface area contributed by atoms with Gasteiger partial charge in [0.2, 0.25) is 6.29 Å². The van der Waals surface area contributed by atoms with Gasteiger partial charge in [0, 0.05) is 0 Å². The van der Waals surface area contributed by atoms with Crippen molar-refractivity contribution in [2.24, 2.45) is 0 Å². The monoisotopic (exact) mass is 352 g/mol. The van der Waals surface area contributed by atoms with E-state index in [4.69, 9.17) is 14.2 Å². The Kier molecular flexibility index (Phi) is 7.94. The highest BCUT2D eigenvalue weighted by molar-refractivity contribution is 5.14. The molecule has 0 bridgehead atoms. The topological polar surface area (TPSA) is 47.9 Å². The van der Waals surface area contributed by atoms with Crippen molar-refractivity contribution in [3.63, 3.8) is 0 Å². The zero-order chi connectivity index (χ0) is 18.0. The molecule has 136 valence electrons. The van der Waals surface area contributed by atoms with Gasteiger partial charge in [0.1, 0.15) is 6.61 Å². The van der Waals surface area contributed by atoms with Crippen molar-refractivity contribution in [3.05, 3.63) is 71.8 Å². The summed E-state index contributed by atoms with van der Waals surface area (Å²) in [6.45, 7) is -0.552. The molecular formula is C19H22F2O4. The van der Waals surface area contributed by atoms with Gasteiger partial charge in [-0.2, -0.15) is 8.78 Å². The summed E-state index contributed by atoms with van der Waals surface area (Å²) in [4.78, 5) is 0. The largest absolute Gasteiger partial charge is 0.374 e. The third-order valence-corrected chi connectivity index (χ3v) is 3.38. The molecule has 2 aromatic rings. The van der Waals surface area contributed by atoms with Crippen molar-refractivity contribution in [3.8, 4) is 0 Å². The molecule has 0 radical (unpaired) electrons. The van der Waals surface area contributed by atoms with Crippen LogP contribution < -0.4 is 0 Å². The van der Waals surface area contributed by atoms with E-state index in [0.717, 1.165) is 11.1 Å². The maximum atomic E-state index is 13.8. The Balaban J connectivity index is 1.60. The predicted molar refractivity (Wildman–Crippen MR) is 89.1 cm³/mol. The fourth-order valence-corrected chi connectivity index (χ4v) is 2.06. The number of aliphatic hydroxyl groups is 1. The van der Waals surface area contributed by atoms with Crippen LogP contribution >= 0.6 is 0 Å². The van der Waals surface area contributed by atoms with Crippen molar-refractivity contribution >= 4 is 0 Å². The number of hydrogen-bond donors (Lipinski definition) is 1. The van der Waals surface area contributed by atoms with Crippen molar-refractivity contribution in [1.82, 2.24) is 0 Å². The van der Waals surface area contributed by atoms with E-state index in [9.17, 15) is 13.9 Å². The lowest BCUT2D eigenvalue weighted by atomic mass is 10.2. The minimum absolute atomic E-state index is 0.0450. The average molecular weight is 352 g/mol. The molecule has 0 aliphatic rings. The van der Waals surface area contributed by atoms with Crippen LogP contribution in [0.15, 0.2) is 60.7 Å². The lowest BCUT2D eigenvalue weighted by Gasteiger charge is -2.22. The maximum absolute atomic E-state index is 13.8. The number of aliphatic hydroxyl groups excluding tert-OH is 1. The van der Waals surface area contributed by atoms with Crippen LogP contribution in [0.1, 0.15) is 11.1 Å². The molecule has 0 saturated carbocycles. The number of alkyl halides is 2. The number of benzene rings is 2. The van der Waals surface area contributed by atoms with E-state index in [-0.39, 0.29) is 19.8 Å². The molecule has 4 nitrogen and oxygen atoms in total. The SMILES string of the molecule is OC(OCCOCc1ccccc1)C(F)(F)COCc1ccccc1. The zero-order valence-electron chi connectivity index (χ0n) is 13.8. The number of rotatable bonds is 11. The molecule has 2 aromatic carbocycles. The van der Waals surface area contributed by atoms with Gasteiger partial charge in [-0.15, -0.1) is 0 Å². The summed E-state index contributed by atoms with van der Waals surface area (Å²) >= 11 is 0. The van der Waals surface area contributed by atoms with Gasteiger partial charge in [-0.05, 0) is 11.1 Å². The highest BCUT2D eigenvalue weighted by atomic mass is 19.3. The van der Waals surface area contributed by atoms with E-state index in [2.05, 4.69) is 0 Å². The van der Waals surface area contributed by atoms with Crippen molar-refractivity contribution in [2.75, 3.05) is 19.8 Å². The molecule has 25 heavy (non-hydrogen) atoms. The van der Waals surface area contributed by atoms with E-state index >= 15 is 0 Å². The molecule has 2 rings (SSSR count). The minimum Gasteiger partial charge on any atom is -0.374 e. The first-order valence-corrected chi connectivity index (χ1v) is 7.99. The Bertz CT molecular complexity index is 593. The average Bonchev–Trinajstić information content (AvgIpc) is 2.63. The van der Waals surface area contributed by atoms with Crippen LogP contribution in [0.3, 0.4) is 0 Å². The van der Waals surface area contributed by atoms with Gasteiger partial charge in [0.25, 0.3) is 0 Å². The van der Waals surface area contributed by atoms with Crippen LogP contribution in [0.25, 0.3) is 0 Å². The van der Waals surface area contributed by atoms with E-state index in [0.29, 0.717) is 6.61 Å². The smallest absolute Gasteiger partial charge is 0.320 e. The maximum Gasteiger partial charge on any atom is 0.320 e. The summed E-state index contributed by atoms with van der Waals surface area (Å²) in [6.07, 6.45) is -2.23. The van der Waals surface area contributed by atoms with Crippen molar-refractivity contribution in [2.45, 2.75) is 25.4 Å².